The van der Waals surface area contributed by atoms with Gasteiger partial charge in [0.15, 0.2) is 0 Å². The van der Waals surface area contributed by atoms with Crippen LogP contribution in [0.4, 0.5) is 9.59 Å². The van der Waals surface area contributed by atoms with E-state index in [9.17, 15) is 19.2 Å². The van der Waals surface area contributed by atoms with Crippen LogP contribution in [0.2, 0.25) is 0 Å². The van der Waals surface area contributed by atoms with Crippen molar-refractivity contribution in [3.8, 4) is 22.5 Å². The number of hydrogen-bond acceptors (Lipinski definition) is 9. The number of benzene rings is 2. The number of amides is 4. The average Bonchev–Trinajstić information content (AvgIpc) is 4.07. The van der Waals surface area contributed by atoms with Crippen molar-refractivity contribution in [2.24, 2.45) is 17.8 Å². The number of furan rings is 1. The summed E-state index contributed by atoms with van der Waals surface area (Å²) in [5.74, 6) is 1.22. The number of nitrogens with zero attached hydrogens (tertiary/aromatic N) is 4. The zero-order valence-electron chi connectivity index (χ0n) is 33.1. The molecule has 0 spiro atoms. The van der Waals surface area contributed by atoms with Crippen LogP contribution in [0.3, 0.4) is 0 Å². The Balaban J connectivity index is 1.02. The summed E-state index contributed by atoms with van der Waals surface area (Å²) in [5.41, 5.74) is 4.88. The molecule has 5 heterocycles. The molecule has 1 aliphatic carbocycles. The van der Waals surface area contributed by atoms with E-state index in [2.05, 4.69) is 26.7 Å². The summed E-state index contributed by atoms with van der Waals surface area (Å²) < 4.78 is 16.0. The Bertz CT molecular complexity index is 2330. The fraction of sp³-hybridized carbons (Fsp3) is 0.476. The molecule has 2 saturated heterocycles. The number of imidazole rings is 2. The lowest BCUT2D eigenvalue weighted by molar-refractivity contribution is -0.139. The maximum Gasteiger partial charge on any atom is 0.407 e. The fourth-order valence-corrected chi connectivity index (χ4v) is 9.11. The highest BCUT2D eigenvalue weighted by Crippen LogP contribution is 2.50. The second-order valence-corrected chi connectivity index (χ2v) is 16.2. The summed E-state index contributed by atoms with van der Waals surface area (Å²) in [5, 5.41) is 7.41. The van der Waals surface area contributed by atoms with Crippen molar-refractivity contribution in [2.45, 2.75) is 90.0 Å². The topological polar surface area (TPSA) is 188 Å². The largest absolute Gasteiger partial charge is 0.456 e. The molecule has 15 nitrogen and oxygen atoms in total. The molecule has 4 amide bonds. The zero-order valence-corrected chi connectivity index (χ0v) is 33.1. The van der Waals surface area contributed by atoms with E-state index in [0.29, 0.717) is 12.4 Å². The van der Waals surface area contributed by atoms with Crippen molar-refractivity contribution in [2.75, 3.05) is 20.8 Å². The molecule has 1 saturated carbocycles. The van der Waals surface area contributed by atoms with Gasteiger partial charge in [-0.05, 0) is 74.1 Å². The van der Waals surface area contributed by atoms with E-state index < -0.39 is 24.3 Å². The van der Waals surface area contributed by atoms with Gasteiger partial charge in [-0.3, -0.25) is 9.59 Å². The molecule has 8 rings (SSSR count). The molecule has 2 bridgehead atoms. The molecule has 2 aliphatic heterocycles. The fourth-order valence-electron chi connectivity index (χ4n) is 9.11. The normalized spacial score (nSPS) is 21.5. The number of rotatable bonds is 10. The van der Waals surface area contributed by atoms with Crippen LogP contribution in [0.1, 0.15) is 83.5 Å². The standard InChI is InChI=1S/C42H50N8O7/c1-21(2)34(47-41(53)55-5)39(51)49-15-7-8-31(49)37-43-19-29(45-37)23-10-13-27-28-14-11-24(18-33(28)57-32(27)17-23)30-20-44-38(46-30)36-25-9-12-26(16-25)50(36)40(52)35(22(3)4)48-42(54)56-6/h10-11,13-14,17-22,25-26,31,34-36H,7-9,12,15-16H2,1-6H3,(H,43,45)(H,44,46)(H,47,53)(H,48,54). The maximum absolute atomic E-state index is 14.0. The minimum atomic E-state index is -0.705. The number of aromatic amines is 2. The van der Waals surface area contributed by atoms with Crippen LogP contribution in [0.25, 0.3) is 44.5 Å². The van der Waals surface area contributed by atoms with Gasteiger partial charge in [-0.2, -0.15) is 0 Å². The van der Waals surface area contributed by atoms with Crippen LogP contribution in [-0.2, 0) is 19.1 Å². The summed E-state index contributed by atoms with van der Waals surface area (Å²) in [7, 11) is 2.59. The molecule has 0 radical (unpaired) electrons. The molecule has 57 heavy (non-hydrogen) atoms. The highest BCUT2D eigenvalue weighted by atomic mass is 16.5. The van der Waals surface area contributed by atoms with E-state index in [1.807, 2.05) is 69.1 Å². The van der Waals surface area contributed by atoms with E-state index >= 15 is 0 Å². The molecule has 3 aliphatic rings. The Morgan fingerprint density at radius 1 is 0.772 bits per heavy atom. The third-order valence-corrected chi connectivity index (χ3v) is 12.0. The van der Waals surface area contributed by atoms with Crippen LogP contribution in [0, 0.1) is 17.8 Å². The molecular weight excluding hydrogens is 729 g/mol. The number of fused-ring (bicyclic) bond motifs is 5. The molecule has 15 heteroatoms. The number of alkyl carbamates (subject to hydrolysis) is 2. The highest BCUT2D eigenvalue weighted by Gasteiger charge is 2.51. The monoisotopic (exact) mass is 778 g/mol. The second kappa shape index (κ2) is 15.2. The molecule has 2 aromatic carbocycles. The second-order valence-electron chi connectivity index (χ2n) is 16.2. The number of aromatic nitrogens is 4. The number of carbonyl (C=O) groups is 4. The summed E-state index contributed by atoms with van der Waals surface area (Å²) >= 11 is 0. The molecule has 6 unspecified atom stereocenters. The zero-order chi connectivity index (χ0) is 40.1. The molecule has 4 N–H and O–H groups in total. The predicted molar refractivity (Wildman–Crippen MR) is 212 cm³/mol. The lowest BCUT2D eigenvalue weighted by atomic mass is 9.95. The third kappa shape index (κ3) is 6.97. The Hall–Kier alpha value is -5.86. The van der Waals surface area contributed by atoms with Gasteiger partial charge in [-0.1, -0.05) is 39.8 Å². The highest BCUT2D eigenvalue weighted by molar-refractivity contribution is 6.06. The first kappa shape index (κ1) is 38.0. The SMILES string of the molecule is COC(=O)NC(C(=O)N1CCCC1c1ncc(-c2ccc3c(c2)oc2cc(-c4cnc(C5C6CCC(C6)N5C(=O)C(NC(=O)OC)C(C)C)[nH]4)ccc23)[nH]1)C(C)C. The van der Waals surface area contributed by atoms with Crippen molar-refractivity contribution in [1.29, 1.82) is 0 Å². The van der Waals surface area contributed by atoms with Gasteiger partial charge in [0.05, 0.1) is 50.1 Å². The van der Waals surface area contributed by atoms with Gasteiger partial charge in [-0.25, -0.2) is 19.6 Å². The molecule has 5 aromatic rings. The van der Waals surface area contributed by atoms with E-state index in [0.717, 1.165) is 82.4 Å². The Morgan fingerprint density at radius 3 is 1.91 bits per heavy atom. The quantitative estimate of drug-likeness (QED) is 0.118. The van der Waals surface area contributed by atoms with Gasteiger partial charge in [0, 0.05) is 34.5 Å². The summed E-state index contributed by atoms with van der Waals surface area (Å²) in [6.07, 6.45) is 6.80. The summed E-state index contributed by atoms with van der Waals surface area (Å²) in [6, 6.07) is 10.4. The van der Waals surface area contributed by atoms with Crippen molar-refractivity contribution in [1.82, 2.24) is 40.4 Å². The Kier molecular flexibility index (Phi) is 10.2. The van der Waals surface area contributed by atoms with Crippen molar-refractivity contribution in [3.63, 3.8) is 0 Å². The van der Waals surface area contributed by atoms with Gasteiger partial charge >= 0.3 is 12.2 Å². The number of H-pyrrole nitrogens is 2. The predicted octanol–water partition coefficient (Wildman–Crippen LogP) is 6.84. The lowest BCUT2D eigenvalue weighted by Crippen LogP contribution is -2.54. The Morgan fingerprint density at radius 2 is 1.33 bits per heavy atom. The number of carbonyl (C=O) groups excluding carboxylic acids is 4. The molecular formula is C42H50N8O7. The third-order valence-electron chi connectivity index (χ3n) is 12.0. The van der Waals surface area contributed by atoms with Gasteiger partial charge in [0.2, 0.25) is 11.8 Å². The number of likely N-dealkylation sites (tertiary alicyclic amines) is 2. The van der Waals surface area contributed by atoms with E-state index in [4.69, 9.17) is 23.9 Å². The van der Waals surface area contributed by atoms with Crippen molar-refractivity contribution < 1.29 is 33.1 Å². The number of methoxy groups -OCH3 is 2. The first-order valence-corrected chi connectivity index (χ1v) is 19.8. The molecule has 3 fully saturated rings. The smallest absolute Gasteiger partial charge is 0.407 e. The van der Waals surface area contributed by atoms with Crippen LogP contribution in [0.5, 0.6) is 0 Å². The van der Waals surface area contributed by atoms with Crippen LogP contribution in [-0.4, -0.2) is 92.6 Å². The van der Waals surface area contributed by atoms with Crippen molar-refractivity contribution >= 4 is 45.9 Å². The van der Waals surface area contributed by atoms with Crippen LogP contribution < -0.4 is 10.6 Å². The average molecular weight is 779 g/mol. The first-order chi connectivity index (χ1) is 27.4. The summed E-state index contributed by atoms with van der Waals surface area (Å²) in [6.45, 7) is 8.21. The number of piperidine rings is 1. The molecule has 6 atom stereocenters. The number of nitrogens with one attached hydrogen (secondary N) is 4. The minimum Gasteiger partial charge on any atom is -0.456 e. The maximum atomic E-state index is 14.0. The van der Waals surface area contributed by atoms with Gasteiger partial charge in [0.1, 0.15) is 34.9 Å². The number of ether oxygens (including phenoxy) is 2. The van der Waals surface area contributed by atoms with E-state index in [1.54, 1.807) is 11.1 Å². The van der Waals surface area contributed by atoms with Crippen LogP contribution >= 0.6 is 0 Å². The first-order valence-electron chi connectivity index (χ1n) is 19.8. The molecule has 300 valence electrons. The minimum absolute atomic E-state index is 0.104. The number of hydrogen-bond donors (Lipinski definition) is 4. The lowest BCUT2D eigenvalue weighted by Gasteiger charge is -2.37. The van der Waals surface area contributed by atoms with Gasteiger partial charge in [0.25, 0.3) is 0 Å². The van der Waals surface area contributed by atoms with Gasteiger partial charge in [-0.15, -0.1) is 0 Å². The summed E-state index contributed by atoms with van der Waals surface area (Å²) in [4.78, 5) is 72.0. The van der Waals surface area contributed by atoms with E-state index in [-0.39, 0.29) is 47.7 Å². The molecule has 3 aromatic heterocycles. The van der Waals surface area contributed by atoms with Gasteiger partial charge < -0.3 is 44.3 Å². The Labute approximate surface area is 330 Å². The van der Waals surface area contributed by atoms with E-state index in [1.165, 1.54) is 14.2 Å². The van der Waals surface area contributed by atoms with Crippen LogP contribution in [0.15, 0.2) is 53.2 Å². The van der Waals surface area contributed by atoms with Crippen molar-refractivity contribution in [3.05, 3.63) is 60.4 Å².